The molecule has 1 N–H and O–H groups in total. The third kappa shape index (κ3) is 6.26. The van der Waals surface area contributed by atoms with Crippen molar-refractivity contribution in [1.29, 1.82) is 0 Å². The van der Waals surface area contributed by atoms with Crippen LogP contribution in [0, 0.1) is 0 Å². The number of hydrogen-bond donors (Lipinski definition) is 1. The number of halogens is 2. The van der Waals surface area contributed by atoms with Crippen molar-refractivity contribution in [3.8, 4) is 11.4 Å². The molecule has 2 aromatic heterocycles. The van der Waals surface area contributed by atoms with Crippen LogP contribution in [0.2, 0.25) is 0 Å². The van der Waals surface area contributed by atoms with Crippen LogP contribution in [-0.2, 0) is 6.42 Å². The first kappa shape index (κ1) is 24.8. The summed E-state index contributed by atoms with van der Waals surface area (Å²) < 4.78 is 0. The van der Waals surface area contributed by atoms with E-state index < -0.39 is 0 Å². The van der Waals surface area contributed by atoms with E-state index in [1.54, 1.807) is 6.33 Å². The van der Waals surface area contributed by atoms with Gasteiger partial charge in [-0.3, -0.25) is 14.9 Å². The van der Waals surface area contributed by atoms with E-state index in [9.17, 15) is 4.79 Å². The van der Waals surface area contributed by atoms with E-state index in [1.165, 1.54) is 0 Å². The monoisotopic (exact) mass is 462 g/mol. The first-order chi connectivity index (χ1) is 14.2. The summed E-state index contributed by atoms with van der Waals surface area (Å²) in [5, 5.41) is 6.77. The predicted molar refractivity (Wildman–Crippen MR) is 126 cm³/mol. The molecule has 31 heavy (non-hydrogen) atoms. The fraction of sp³-hybridized carbons (Fsp3) is 0.364. The smallest absolute Gasteiger partial charge is 0.253 e. The maximum absolute atomic E-state index is 12.9. The molecule has 0 unspecified atom stereocenters. The van der Waals surface area contributed by atoms with E-state index in [0.29, 0.717) is 17.4 Å². The molecule has 3 heterocycles. The molecule has 1 aromatic carbocycles. The zero-order valence-corrected chi connectivity index (χ0v) is 19.1. The predicted octanol–water partition coefficient (Wildman–Crippen LogP) is 3.49. The van der Waals surface area contributed by atoms with Crippen LogP contribution in [0.3, 0.4) is 0 Å². The average Bonchev–Trinajstić information content (AvgIpc) is 3.33. The summed E-state index contributed by atoms with van der Waals surface area (Å²) >= 11 is 0. The lowest BCUT2D eigenvalue weighted by Crippen LogP contribution is -2.46. The lowest BCUT2D eigenvalue weighted by molar-refractivity contribution is 0.0647. The van der Waals surface area contributed by atoms with Gasteiger partial charge in [0.25, 0.3) is 5.91 Å². The number of hydrogen-bond acceptors (Lipinski definition) is 5. The summed E-state index contributed by atoms with van der Waals surface area (Å²) in [5.41, 5.74) is 2.74. The van der Waals surface area contributed by atoms with Crippen LogP contribution in [0.15, 0.2) is 55.0 Å². The maximum atomic E-state index is 12.9. The van der Waals surface area contributed by atoms with Gasteiger partial charge in [-0.05, 0) is 44.2 Å². The first-order valence-corrected chi connectivity index (χ1v) is 10.1. The summed E-state index contributed by atoms with van der Waals surface area (Å²) in [6, 6.07) is 14.1. The number of nitrogens with zero attached hydrogens (tertiary/aromatic N) is 5. The highest BCUT2D eigenvalue weighted by molar-refractivity contribution is 5.94. The maximum Gasteiger partial charge on any atom is 0.253 e. The molecule has 0 aliphatic carbocycles. The Hall–Kier alpha value is -2.48. The second-order valence-corrected chi connectivity index (χ2v) is 7.48. The molecule has 0 spiro atoms. The van der Waals surface area contributed by atoms with Crippen LogP contribution in [0.25, 0.3) is 11.4 Å². The minimum Gasteiger partial charge on any atom is -0.339 e. The number of pyridine rings is 1. The summed E-state index contributed by atoms with van der Waals surface area (Å²) in [7, 11) is 2.17. The van der Waals surface area contributed by atoms with E-state index in [0.717, 1.165) is 50.2 Å². The van der Waals surface area contributed by atoms with Crippen molar-refractivity contribution in [2.24, 2.45) is 0 Å². The largest absolute Gasteiger partial charge is 0.339 e. The molecule has 1 amide bonds. The molecule has 1 saturated heterocycles. The second-order valence-electron chi connectivity index (χ2n) is 7.48. The van der Waals surface area contributed by atoms with Gasteiger partial charge in [-0.2, -0.15) is 5.10 Å². The molecule has 1 aliphatic heterocycles. The minimum atomic E-state index is 0. The van der Waals surface area contributed by atoms with Gasteiger partial charge in [-0.15, -0.1) is 24.8 Å². The Morgan fingerprint density at radius 2 is 1.84 bits per heavy atom. The number of likely N-dealkylation sites (tertiary alicyclic amines) is 1. The van der Waals surface area contributed by atoms with Crippen molar-refractivity contribution in [3.63, 3.8) is 0 Å². The van der Waals surface area contributed by atoms with Gasteiger partial charge in [0.05, 0.1) is 0 Å². The van der Waals surface area contributed by atoms with Crippen LogP contribution in [-0.4, -0.2) is 68.6 Å². The number of aromatic amines is 1. The zero-order valence-electron chi connectivity index (χ0n) is 17.5. The van der Waals surface area contributed by atoms with Gasteiger partial charge < -0.3 is 9.80 Å². The van der Waals surface area contributed by atoms with E-state index in [1.807, 2.05) is 47.5 Å². The van der Waals surface area contributed by atoms with E-state index in [4.69, 9.17) is 0 Å². The minimum absolute atomic E-state index is 0. The molecular formula is C22H28Cl2N6O. The molecule has 0 bridgehead atoms. The molecule has 4 rings (SSSR count). The molecule has 3 aromatic rings. The Morgan fingerprint density at radius 1 is 1.10 bits per heavy atom. The van der Waals surface area contributed by atoms with E-state index in [2.05, 4.69) is 38.2 Å². The number of rotatable bonds is 6. The third-order valence-electron chi connectivity index (χ3n) is 5.63. The Balaban J connectivity index is 0.00000171. The number of piperidine rings is 1. The standard InChI is InChI=1S/C22H26N6O.2ClH/c1-27(13-9-19-4-2-3-12-23-19)20-10-14-28(15-11-20)22(29)18-7-5-17(6-8-18)21-24-16-25-26-21;;/h2-8,12,16,20H,9-11,13-15H2,1H3,(H,24,25,26);2*1H. The molecule has 0 radical (unpaired) electrons. The molecule has 0 atom stereocenters. The van der Waals surface area contributed by atoms with Crippen molar-refractivity contribution < 1.29 is 4.79 Å². The van der Waals surface area contributed by atoms with Crippen molar-refractivity contribution in [2.45, 2.75) is 25.3 Å². The van der Waals surface area contributed by atoms with Gasteiger partial charge in [-0.1, -0.05) is 18.2 Å². The van der Waals surface area contributed by atoms with E-state index >= 15 is 0 Å². The van der Waals surface area contributed by atoms with Gasteiger partial charge in [0.2, 0.25) is 0 Å². The third-order valence-corrected chi connectivity index (χ3v) is 5.63. The van der Waals surface area contributed by atoms with Crippen LogP contribution >= 0.6 is 24.8 Å². The fourth-order valence-corrected chi connectivity index (χ4v) is 3.82. The number of H-pyrrole nitrogens is 1. The summed E-state index contributed by atoms with van der Waals surface area (Å²) in [4.78, 5) is 25.8. The first-order valence-electron chi connectivity index (χ1n) is 10.1. The number of benzene rings is 1. The van der Waals surface area contributed by atoms with Gasteiger partial charge >= 0.3 is 0 Å². The number of nitrogens with one attached hydrogen (secondary N) is 1. The van der Waals surface area contributed by atoms with E-state index in [-0.39, 0.29) is 30.7 Å². The second kappa shape index (κ2) is 11.8. The Morgan fingerprint density at radius 3 is 2.45 bits per heavy atom. The van der Waals surface area contributed by atoms with Gasteiger partial charge in [0, 0.05) is 55.1 Å². The highest BCUT2D eigenvalue weighted by Gasteiger charge is 2.25. The zero-order chi connectivity index (χ0) is 20.1. The number of likely N-dealkylation sites (N-methyl/N-ethyl adjacent to an activating group) is 1. The van der Waals surface area contributed by atoms with Crippen LogP contribution < -0.4 is 0 Å². The highest BCUT2D eigenvalue weighted by Crippen LogP contribution is 2.20. The average molecular weight is 463 g/mol. The lowest BCUT2D eigenvalue weighted by atomic mass is 10.0. The van der Waals surface area contributed by atoms with Gasteiger partial charge in [0.1, 0.15) is 6.33 Å². The van der Waals surface area contributed by atoms with Gasteiger partial charge in [-0.25, -0.2) is 4.98 Å². The topological polar surface area (TPSA) is 78.0 Å². The van der Waals surface area contributed by atoms with Crippen LogP contribution in [0.1, 0.15) is 28.9 Å². The van der Waals surface area contributed by atoms with Crippen molar-refractivity contribution in [1.82, 2.24) is 30.0 Å². The Labute approximate surface area is 195 Å². The number of carbonyl (C=O) groups is 1. The van der Waals surface area contributed by atoms with Crippen LogP contribution in [0.4, 0.5) is 0 Å². The van der Waals surface area contributed by atoms with Crippen molar-refractivity contribution >= 4 is 30.7 Å². The molecule has 7 nitrogen and oxygen atoms in total. The van der Waals surface area contributed by atoms with Crippen molar-refractivity contribution in [3.05, 3.63) is 66.2 Å². The molecule has 0 saturated carbocycles. The molecule has 9 heteroatoms. The Bertz CT molecular complexity index is 913. The SMILES string of the molecule is CN(CCc1ccccn1)C1CCN(C(=O)c2ccc(-c3nc[nH]n3)cc2)CC1.Cl.Cl. The molecular weight excluding hydrogens is 435 g/mol. The number of amides is 1. The van der Waals surface area contributed by atoms with Crippen LogP contribution in [0.5, 0.6) is 0 Å². The summed E-state index contributed by atoms with van der Waals surface area (Å²) in [5.74, 6) is 0.736. The molecule has 166 valence electrons. The molecule has 1 aliphatic rings. The molecule has 1 fully saturated rings. The fourth-order valence-electron chi connectivity index (χ4n) is 3.82. The Kier molecular flexibility index (Phi) is 9.43. The van der Waals surface area contributed by atoms with Gasteiger partial charge in [0.15, 0.2) is 5.82 Å². The highest BCUT2D eigenvalue weighted by atomic mass is 35.5. The number of aromatic nitrogens is 4. The quantitative estimate of drug-likeness (QED) is 0.606. The van der Waals surface area contributed by atoms with Crippen molar-refractivity contribution in [2.75, 3.05) is 26.7 Å². The normalized spacial score (nSPS) is 14.1. The summed E-state index contributed by atoms with van der Waals surface area (Å²) in [6.45, 7) is 2.57. The number of carbonyl (C=O) groups excluding carboxylic acids is 1. The summed E-state index contributed by atoms with van der Waals surface area (Å²) in [6.07, 6.45) is 6.34. The lowest BCUT2D eigenvalue weighted by Gasteiger charge is -2.36.